The van der Waals surface area contributed by atoms with Crippen LogP contribution >= 0.6 is 0 Å². The second-order valence-electron chi connectivity index (χ2n) is 6.89. The molecule has 1 aliphatic rings. The highest BCUT2D eigenvalue weighted by atomic mass is 16.5. The number of ether oxygens (including phenoxy) is 1. The van der Waals surface area contributed by atoms with E-state index in [-0.39, 0.29) is 12.1 Å². The molecule has 0 aromatic carbocycles. The highest BCUT2D eigenvalue weighted by molar-refractivity contribution is 5.87. The van der Waals surface area contributed by atoms with Crippen molar-refractivity contribution in [3.05, 3.63) is 34.9 Å². The third-order valence-electron chi connectivity index (χ3n) is 4.63. The van der Waals surface area contributed by atoms with Crippen molar-refractivity contribution in [2.24, 2.45) is 11.8 Å². The molecule has 0 heterocycles. The fourth-order valence-corrected chi connectivity index (χ4v) is 2.86. The molecule has 1 rings (SSSR count). The van der Waals surface area contributed by atoms with Crippen LogP contribution < -0.4 is 0 Å². The summed E-state index contributed by atoms with van der Waals surface area (Å²) in [5.41, 5.74) is 3.45. The molecule has 0 spiro atoms. The maximum Gasteiger partial charge on any atom is 0.333 e. The number of hydrogen-bond acceptors (Lipinski definition) is 2. The summed E-state index contributed by atoms with van der Waals surface area (Å²) < 4.78 is 5.85. The van der Waals surface area contributed by atoms with Gasteiger partial charge in [-0.2, -0.15) is 0 Å². The van der Waals surface area contributed by atoms with Crippen LogP contribution in [0.2, 0.25) is 0 Å². The Morgan fingerprint density at radius 3 is 2.55 bits per heavy atom. The third kappa shape index (κ3) is 5.82. The molecule has 0 aliphatic heterocycles. The van der Waals surface area contributed by atoms with Crippen molar-refractivity contribution in [3.8, 4) is 0 Å². The number of hydrogen-bond donors (Lipinski definition) is 0. The summed E-state index contributed by atoms with van der Waals surface area (Å²) in [4.78, 5) is 12.2. The zero-order chi connectivity index (χ0) is 16.7. The van der Waals surface area contributed by atoms with E-state index in [0.717, 1.165) is 25.7 Å². The first kappa shape index (κ1) is 18.7. The quantitative estimate of drug-likeness (QED) is 0.385. The molecule has 0 saturated heterocycles. The van der Waals surface area contributed by atoms with Gasteiger partial charge in [0.15, 0.2) is 0 Å². The summed E-state index contributed by atoms with van der Waals surface area (Å²) in [5.74, 6) is 0.663. The van der Waals surface area contributed by atoms with Gasteiger partial charge in [-0.3, -0.25) is 0 Å². The molecule has 0 N–H and O–H groups in total. The Hall–Kier alpha value is -1.31. The van der Waals surface area contributed by atoms with Crippen molar-refractivity contribution in [2.75, 3.05) is 0 Å². The molecule has 0 unspecified atom stereocenters. The summed E-state index contributed by atoms with van der Waals surface area (Å²) in [5, 5.41) is 0. The Balaban J connectivity index is 3.03. The Bertz CT molecular complexity index is 466. The Kier molecular flexibility index (Phi) is 7.64. The second-order valence-corrected chi connectivity index (χ2v) is 6.89. The van der Waals surface area contributed by atoms with Crippen LogP contribution in [0.25, 0.3) is 0 Å². The van der Waals surface area contributed by atoms with Gasteiger partial charge in [0.05, 0.1) is 0 Å². The molecule has 2 heteroatoms. The highest BCUT2D eigenvalue weighted by Gasteiger charge is 2.27. The van der Waals surface area contributed by atoms with Gasteiger partial charge in [-0.1, -0.05) is 37.1 Å². The molecule has 1 aliphatic carbocycles. The molecule has 2 atom stereocenters. The Morgan fingerprint density at radius 1 is 1.27 bits per heavy atom. The Labute approximate surface area is 136 Å². The summed E-state index contributed by atoms with van der Waals surface area (Å²) in [6, 6.07) is 0. The molecule has 0 aromatic heterocycles. The van der Waals surface area contributed by atoms with Gasteiger partial charge in [-0.05, 0) is 65.4 Å². The predicted molar refractivity (Wildman–Crippen MR) is 93.6 cm³/mol. The van der Waals surface area contributed by atoms with Crippen molar-refractivity contribution in [1.82, 2.24) is 0 Å². The number of esters is 1. The van der Waals surface area contributed by atoms with Gasteiger partial charge in [0.1, 0.15) is 6.10 Å². The molecule has 124 valence electrons. The Morgan fingerprint density at radius 2 is 1.95 bits per heavy atom. The predicted octanol–water partition coefficient (Wildman–Crippen LogP) is 5.60. The molecule has 0 radical (unpaired) electrons. The monoisotopic (exact) mass is 304 g/mol. The lowest BCUT2D eigenvalue weighted by Crippen LogP contribution is -2.30. The average molecular weight is 304 g/mol. The van der Waals surface area contributed by atoms with Crippen LogP contribution in [-0.4, -0.2) is 12.1 Å². The van der Waals surface area contributed by atoms with Gasteiger partial charge in [0.2, 0.25) is 0 Å². The van der Waals surface area contributed by atoms with Crippen LogP contribution in [0, 0.1) is 11.8 Å². The molecule has 0 saturated carbocycles. The van der Waals surface area contributed by atoms with E-state index in [1.807, 2.05) is 19.9 Å². The van der Waals surface area contributed by atoms with Gasteiger partial charge >= 0.3 is 5.97 Å². The van der Waals surface area contributed by atoms with E-state index in [0.29, 0.717) is 17.4 Å². The van der Waals surface area contributed by atoms with Crippen LogP contribution in [0.4, 0.5) is 0 Å². The van der Waals surface area contributed by atoms with E-state index in [2.05, 4.69) is 39.8 Å². The number of rotatable bonds is 3. The first-order valence-electron chi connectivity index (χ1n) is 8.52. The molecule has 0 fully saturated rings. The van der Waals surface area contributed by atoms with E-state index in [1.54, 1.807) is 0 Å². The summed E-state index contributed by atoms with van der Waals surface area (Å²) >= 11 is 0. The summed E-state index contributed by atoms with van der Waals surface area (Å²) in [7, 11) is 0. The first-order valence-corrected chi connectivity index (χ1v) is 8.52. The maximum absolute atomic E-state index is 12.2. The number of allylic oxidation sites excluding steroid dienone is 4. The molecule has 0 amide bonds. The minimum Gasteiger partial charge on any atom is -0.454 e. The summed E-state index contributed by atoms with van der Waals surface area (Å²) in [6.07, 6.45) is 10.5. The van der Waals surface area contributed by atoms with Crippen molar-refractivity contribution in [1.29, 1.82) is 0 Å². The largest absolute Gasteiger partial charge is 0.454 e. The van der Waals surface area contributed by atoms with E-state index >= 15 is 0 Å². The topological polar surface area (TPSA) is 26.3 Å². The zero-order valence-electron chi connectivity index (χ0n) is 15.1. The number of carbonyl (C=O) groups excluding carboxylic acids is 1. The fourth-order valence-electron chi connectivity index (χ4n) is 2.86. The maximum atomic E-state index is 12.2. The zero-order valence-corrected chi connectivity index (χ0v) is 15.1. The SMILES string of the molecule is C/C=C(\C)C(=O)O[C@H]1/C=C(\C)CC/C=C(\C)CC[C@H]1C(C)C. The molecule has 2 nitrogen and oxygen atoms in total. The minimum atomic E-state index is -0.188. The van der Waals surface area contributed by atoms with Gasteiger partial charge in [-0.15, -0.1) is 0 Å². The third-order valence-corrected chi connectivity index (χ3v) is 4.63. The lowest BCUT2D eigenvalue weighted by molar-refractivity contribution is -0.145. The first-order chi connectivity index (χ1) is 10.3. The molecular formula is C20H32O2. The average Bonchev–Trinajstić information content (AvgIpc) is 2.45. The van der Waals surface area contributed by atoms with Crippen molar-refractivity contribution >= 4 is 5.97 Å². The fraction of sp³-hybridized carbons (Fsp3) is 0.650. The molecular weight excluding hydrogens is 272 g/mol. The van der Waals surface area contributed by atoms with Gasteiger partial charge in [0.25, 0.3) is 0 Å². The lowest BCUT2D eigenvalue weighted by Gasteiger charge is -2.29. The van der Waals surface area contributed by atoms with E-state index in [9.17, 15) is 4.79 Å². The van der Waals surface area contributed by atoms with E-state index in [1.165, 1.54) is 11.1 Å². The van der Waals surface area contributed by atoms with Crippen LogP contribution in [-0.2, 0) is 9.53 Å². The highest BCUT2D eigenvalue weighted by Crippen LogP contribution is 2.29. The molecule has 0 aromatic rings. The van der Waals surface area contributed by atoms with Crippen molar-refractivity contribution in [2.45, 2.75) is 73.3 Å². The second kappa shape index (κ2) is 8.97. The van der Waals surface area contributed by atoms with Crippen LogP contribution in [0.3, 0.4) is 0 Å². The number of carbonyl (C=O) groups is 1. The van der Waals surface area contributed by atoms with Crippen LogP contribution in [0.15, 0.2) is 34.9 Å². The smallest absolute Gasteiger partial charge is 0.333 e. The van der Waals surface area contributed by atoms with Gasteiger partial charge < -0.3 is 4.74 Å². The van der Waals surface area contributed by atoms with Gasteiger partial charge in [-0.25, -0.2) is 4.79 Å². The normalized spacial score (nSPS) is 29.3. The van der Waals surface area contributed by atoms with Crippen molar-refractivity contribution in [3.63, 3.8) is 0 Å². The molecule has 0 bridgehead atoms. The van der Waals surface area contributed by atoms with Gasteiger partial charge in [0, 0.05) is 11.5 Å². The minimum absolute atomic E-state index is 0.117. The lowest BCUT2D eigenvalue weighted by atomic mass is 9.83. The standard InChI is InChI=1S/C20H32O2/c1-7-17(6)20(21)22-19-13-16(5)10-8-9-15(4)11-12-18(19)14(2)3/h7,9,13-14,18-19H,8,10-12H2,1-6H3/b15-9+,16-13+,17-7+/t18-,19-/m0/s1. The van der Waals surface area contributed by atoms with E-state index in [4.69, 9.17) is 4.74 Å². The van der Waals surface area contributed by atoms with Crippen LogP contribution in [0.5, 0.6) is 0 Å². The molecule has 22 heavy (non-hydrogen) atoms. The summed E-state index contributed by atoms with van der Waals surface area (Å²) in [6.45, 7) is 12.5. The van der Waals surface area contributed by atoms with Crippen LogP contribution in [0.1, 0.15) is 67.2 Å². The van der Waals surface area contributed by atoms with E-state index < -0.39 is 0 Å². The van der Waals surface area contributed by atoms with Crippen molar-refractivity contribution < 1.29 is 9.53 Å².